The molecule has 1 aromatic heterocycles. The highest BCUT2D eigenvalue weighted by atomic mass is 16.6. The minimum atomic E-state index is -0.873. The number of nitrogens with zero attached hydrogens (tertiary/aromatic N) is 4. The van der Waals surface area contributed by atoms with E-state index in [-0.39, 0.29) is 48.4 Å². The van der Waals surface area contributed by atoms with Gasteiger partial charge in [-0.25, -0.2) is 4.79 Å². The van der Waals surface area contributed by atoms with E-state index in [2.05, 4.69) is 21.9 Å². The van der Waals surface area contributed by atoms with Crippen molar-refractivity contribution < 1.29 is 28.8 Å². The van der Waals surface area contributed by atoms with Gasteiger partial charge in [0.1, 0.15) is 12.0 Å². The van der Waals surface area contributed by atoms with E-state index in [0.29, 0.717) is 31.7 Å². The van der Waals surface area contributed by atoms with Gasteiger partial charge >= 0.3 is 6.09 Å². The van der Waals surface area contributed by atoms with Gasteiger partial charge in [0.2, 0.25) is 11.8 Å². The molecule has 3 heterocycles. The van der Waals surface area contributed by atoms with Crippen molar-refractivity contribution in [3.05, 3.63) is 47.2 Å². The summed E-state index contributed by atoms with van der Waals surface area (Å²) in [5, 5.41) is 29.3. The number of hydrogen-bond donors (Lipinski definition) is 3. The molecule has 4 rings (SSSR count). The molecule has 3 amide bonds. The van der Waals surface area contributed by atoms with Gasteiger partial charge in [-0.3, -0.25) is 9.59 Å². The number of hydrogen-bond acceptors (Lipinski definition) is 9. The third-order valence-electron chi connectivity index (χ3n) is 7.08. The van der Waals surface area contributed by atoms with Crippen LogP contribution in [0.3, 0.4) is 0 Å². The summed E-state index contributed by atoms with van der Waals surface area (Å²) in [6.07, 6.45) is -1.29. The molecular weight excluding hydrogens is 504 g/mol. The van der Waals surface area contributed by atoms with E-state index in [9.17, 15) is 19.5 Å². The van der Waals surface area contributed by atoms with E-state index in [1.807, 2.05) is 20.8 Å². The Morgan fingerprint density at radius 1 is 1.21 bits per heavy atom. The molecule has 12 heteroatoms. The lowest BCUT2D eigenvalue weighted by Gasteiger charge is -2.29. The smallest absolute Gasteiger partial charge is 0.391 e. The predicted octanol–water partition coefficient (Wildman–Crippen LogP) is 1.53. The van der Waals surface area contributed by atoms with Crippen molar-refractivity contribution in [2.75, 3.05) is 32.7 Å². The lowest BCUT2D eigenvalue weighted by atomic mass is 9.91. The highest BCUT2D eigenvalue weighted by Gasteiger charge is 2.43. The number of rotatable bonds is 7. The number of piperazine rings is 1. The van der Waals surface area contributed by atoms with E-state index in [1.54, 1.807) is 29.2 Å². The van der Waals surface area contributed by atoms with Crippen molar-refractivity contribution >= 4 is 17.9 Å². The maximum absolute atomic E-state index is 13.7. The maximum Gasteiger partial charge on any atom is 0.416 e. The van der Waals surface area contributed by atoms with Gasteiger partial charge in [0.05, 0.1) is 23.8 Å². The van der Waals surface area contributed by atoms with Gasteiger partial charge in [-0.1, -0.05) is 26.0 Å². The van der Waals surface area contributed by atoms with Gasteiger partial charge in [-0.05, 0) is 35.7 Å². The van der Waals surface area contributed by atoms with Gasteiger partial charge in [-0.2, -0.15) is 5.26 Å². The molecule has 0 bridgehead atoms. The predicted molar refractivity (Wildman–Crippen MR) is 138 cm³/mol. The highest BCUT2D eigenvalue weighted by Crippen LogP contribution is 2.32. The Balaban J connectivity index is 1.45. The molecule has 0 saturated carbocycles. The van der Waals surface area contributed by atoms with Crippen molar-refractivity contribution in [2.24, 2.45) is 5.92 Å². The second kappa shape index (κ2) is 12.3. The van der Waals surface area contributed by atoms with Crippen LogP contribution >= 0.6 is 0 Å². The van der Waals surface area contributed by atoms with Crippen LogP contribution in [0.2, 0.25) is 0 Å². The first kappa shape index (κ1) is 28.1. The van der Waals surface area contributed by atoms with Crippen molar-refractivity contribution in [3.8, 4) is 11.9 Å². The van der Waals surface area contributed by atoms with Crippen molar-refractivity contribution in [2.45, 2.75) is 51.3 Å². The Kier molecular flexibility index (Phi) is 8.83. The fraction of sp³-hybridized carbons (Fsp3) is 0.519. The lowest BCUT2D eigenvalue weighted by molar-refractivity contribution is -0.141. The number of carbonyl (C=O) groups is 3. The van der Waals surface area contributed by atoms with Gasteiger partial charge in [-0.15, -0.1) is 0 Å². The summed E-state index contributed by atoms with van der Waals surface area (Å²) in [5.41, 5.74) is 1.32. The number of ether oxygens (including phenoxy) is 1. The van der Waals surface area contributed by atoms with Gasteiger partial charge in [0.25, 0.3) is 5.88 Å². The first-order valence-electron chi connectivity index (χ1n) is 13.1. The lowest BCUT2D eigenvalue weighted by Crippen LogP contribution is -2.48. The summed E-state index contributed by atoms with van der Waals surface area (Å²) in [5.74, 6) is -1.64. The monoisotopic (exact) mass is 538 g/mol. The zero-order chi connectivity index (χ0) is 28.1. The number of aliphatic hydroxyl groups excluding tert-OH is 1. The molecule has 208 valence electrons. The second-order valence-corrected chi connectivity index (χ2v) is 10.3. The van der Waals surface area contributed by atoms with E-state index >= 15 is 0 Å². The minimum Gasteiger partial charge on any atom is -0.391 e. The van der Waals surface area contributed by atoms with Crippen LogP contribution in [0.25, 0.3) is 0 Å². The summed E-state index contributed by atoms with van der Waals surface area (Å²) in [6, 6.07) is 9.12. The van der Waals surface area contributed by atoms with Crippen molar-refractivity contribution in [3.63, 3.8) is 0 Å². The number of aromatic nitrogens is 1. The van der Waals surface area contributed by atoms with E-state index in [4.69, 9.17) is 14.5 Å². The number of nitrogens with one attached hydrogen (secondary N) is 2. The summed E-state index contributed by atoms with van der Waals surface area (Å²) >= 11 is 0. The molecule has 2 saturated heterocycles. The molecule has 39 heavy (non-hydrogen) atoms. The summed E-state index contributed by atoms with van der Waals surface area (Å²) in [4.78, 5) is 42.4. The van der Waals surface area contributed by atoms with Crippen LogP contribution in [-0.2, 0) is 9.59 Å². The van der Waals surface area contributed by atoms with Gasteiger partial charge < -0.3 is 34.8 Å². The maximum atomic E-state index is 13.7. The molecule has 2 aliphatic rings. The Hall–Kier alpha value is -3.95. The zero-order valence-electron chi connectivity index (χ0n) is 22.3. The molecule has 0 spiro atoms. The van der Waals surface area contributed by atoms with Crippen LogP contribution < -0.4 is 15.4 Å². The van der Waals surface area contributed by atoms with Crippen LogP contribution in [0.5, 0.6) is 5.88 Å². The Morgan fingerprint density at radius 2 is 1.90 bits per heavy atom. The average Bonchev–Trinajstić information content (AvgIpc) is 3.55. The van der Waals surface area contributed by atoms with Crippen molar-refractivity contribution in [1.82, 2.24) is 25.6 Å². The largest absolute Gasteiger partial charge is 0.416 e. The number of aliphatic hydroxyl groups is 1. The molecule has 12 nitrogen and oxygen atoms in total. The molecule has 4 atom stereocenters. The van der Waals surface area contributed by atoms with Crippen LogP contribution in [0, 0.1) is 17.2 Å². The van der Waals surface area contributed by atoms with Crippen LogP contribution in [0.15, 0.2) is 34.9 Å². The molecule has 2 aromatic rings. The van der Waals surface area contributed by atoms with E-state index in [0.717, 1.165) is 5.56 Å². The molecular formula is C27H34N6O6. The normalized spacial score (nSPS) is 20.8. The quantitative estimate of drug-likeness (QED) is 0.475. The Bertz CT molecular complexity index is 1220. The molecule has 0 radical (unpaired) electrons. The number of benzene rings is 1. The van der Waals surface area contributed by atoms with E-state index < -0.39 is 24.2 Å². The number of amides is 3. The topological polar surface area (TPSA) is 161 Å². The molecule has 1 unspecified atom stereocenters. The molecule has 2 fully saturated rings. The van der Waals surface area contributed by atoms with Crippen molar-refractivity contribution in [1.29, 1.82) is 5.26 Å². The highest BCUT2D eigenvalue weighted by molar-refractivity contribution is 5.91. The fourth-order valence-corrected chi connectivity index (χ4v) is 4.93. The Morgan fingerprint density at radius 3 is 2.54 bits per heavy atom. The average molecular weight is 539 g/mol. The molecule has 0 aliphatic carbocycles. The Labute approximate surface area is 226 Å². The van der Waals surface area contributed by atoms with E-state index in [1.165, 1.54) is 11.0 Å². The summed E-state index contributed by atoms with van der Waals surface area (Å²) in [7, 11) is 0. The standard InChI is InChI=1S/C27H34N6O6/c1-16(2)24(22-13-23(31-39-22)38-27(37)32-10-8-29-9-11-32)26(36)33-15-20(34)12-21(33)25(35)30-17(3)19-6-4-18(14-28)5-7-19/h4-7,13,16-17,20-21,24,29,34H,8-12,15H2,1-3H3,(H,30,35)/t17-,20+,21-,24?/m0/s1. The first-order chi connectivity index (χ1) is 18.7. The summed E-state index contributed by atoms with van der Waals surface area (Å²) < 4.78 is 10.8. The third-order valence-corrected chi connectivity index (χ3v) is 7.08. The second-order valence-electron chi connectivity index (χ2n) is 10.3. The number of carbonyl (C=O) groups excluding carboxylic acids is 3. The number of nitriles is 1. The third kappa shape index (κ3) is 6.55. The summed E-state index contributed by atoms with van der Waals surface area (Å²) in [6.45, 7) is 7.87. The number of likely N-dealkylation sites (tertiary alicyclic amines) is 1. The molecule has 3 N–H and O–H groups in total. The number of β-amino-alcohol motifs (C(OH)–C–C–N with tert-alkyl or cyclic N) is 1. The SMILES string of the molecule is CC(C)C(C(=O)N1C[C@H](O)C[C@H]1C(=O)N[C@@H](C)c1ccc(C#N)cc1)c1cc(OC(=O)N2CCNCC2)no1. The molecule has 1 aromatic carbocycles. The van der Waals surface area contributed by atoms with Crippen LogP contribution in [0.1, 0.15) is 56.0 Å². The minimum absolute atomic E-state index is 0.00433. The molecule has 2 aliphatic heterocycles. The first-order valence-corrected chi connectivity index (χ1v) is 13.1. The fourth-order valence-electron chi connectivity index (χ4n) is 4.93. The van der Waals surface area contributed by atoms with Gasteiger partial charge in [0, 0.05) is 45.2 Å². The van der Waals surface area contributed by atoms with Crippen LogP contribution in [0.4, 0.5) is 4.79 Å². The van der Waals surface area contributed by atoms with Crippen LogP contribution in [-0.4, -0.2) is 82.8 Å². The zero-order valence-corrected chi connectivity index (χ0v) is 22.3. The van der Waals surface area contributed by atoms with Gasteiger partial charge in [0.15, 0.2) is 5.76 Å².